The first-order chi connectivity index (χ1) is 17.4. The van der Waals surface area contributed by atoms with E-state index in [0.717, 1.165) is 51.4 Å². The zero-order chi connectivity index (χ0) is 25.7. The quantitative estimate of drug-likeness (QED) is 0.140. The Bertz CT molecular complexity index is 1460. The van der Waals surface area contributed by atoms with Crippen LogP contribution in [0.3, 0.4) is 0 Å². The number of halogens is 2. The fourth-order valence-corrected chi connectivity index (χ4v) is 4.57. The molecule has 4 aromatic rings. The molecule has 1 atom stereocenters. The molecule has 0 N–H and O–H groups in total. The van der Waals surface area contributed by atoms with E-state index >= 15 is 0 Å². The number of rotatable bonds is 4. The van der Waals surface area contributed by atoms with Gasteiger partial charge in [-0.1, -0.05) is 79.7 Å². The summed E-state index contributed by atoms with van der Waals surface area (Å²) < 4.78 is 0. The minimum absolute atomic E-state index is 0.194. The van der Waals surface area contributed by atoms with Gasteiger partial charge in [-0.2, -0.15) is 0 Å². The van der Waals surface area contributed by atoms with Crippen molar-refractivity contribution in [1.29, 1.82) is 0 Å². The summed E-state index contributed by atoms with van der Waals surface area (Å²) in [6.07, 6.45) is 5.43. The maximum absolute atomic E-state index is 5.09. The van der Waals surface area contributed by atoms with Crippen LogP contribution in [0.4, 0.5) is 5.69 Å². The number of allylic oxidation sites excluding steroid dienone is 4. The van der Waals surface area contributed by atoms with Crippen LogP contribution in [0.1, 0.15) is 45.5 Å². The van der Waals surface area contributed by atoms with Crippen LogP contribution in [0, 0.1) is 5.92 Å². The van der Waals surface area contributed by atoms with E-state index in [1.165, 1.54) is 16.3 Å². The van der Waals surface area contributed by atoms with Crippen molar-refractivity contribution in [2.75, 3.05) is 0 Å². The van der Waals surface area contributed by atoms with Gasteiger partial charge in [-0.3, -0.25) is 9.98 Å². The second-order valence-corrected chi connectivity index (χ2v) is 10.8. The molecule has 0 fully saturated rings. The van der Waals surface area contributed by atoms with Gasteiger partial charge in [0.15, 0.2) is 0 Å². The Morgan fingerprint density at radius 1 is 0.861 bits per heavy atom. The second kappa shape index (κ2) is 12.1. The van der Waals surface area contributed by atoms with Gasteiger partial charge in [-0.25, -0.2) is 0 Å². The van der Waals surface area contributed by atoms with Crippen LogP contribution >= 0.6 is 20.2 Å². The monoisotopic (exact) mass is 556 g/mol. The molecule has 0 spiro atoms. The van der Waals surface area contributed by atoms with E-state index in [0.29, 0.717) is 5.92 Å². The van der Waals surface area contributed by atoms with Gasteiger partial charge in [0.2, 0.25) is 0 Å². The summed E-state index contributed by atoms with van der Waals surface area (Å²) in [5.74, 6) is 0.433. The molecule has 185 valence electrons. The second-order valence-electron chi connectivity index (χ2n) is 8.94. The zero-order valence-electron chi connectivity index (χ0n) is 20.7. The maximum atomic E-state index is 5.09. The van der Waals surface area contributed by atoms with E-state index in [9.17, 15) is 0 Å². The Hall–Kier alpha value is -2.62. The van der Waals surface area contributed by atoms with Gasteiger partial charge in [0.05, 0.1) is 5.69 Å². The topological polar surface area (TPSA) is 38.8 Å². The van der Waals surface area contributed by atoms with Crippen molar-refractivity contribution in [2.24, 2.45) is 15.9 Å². The van der Waals surface area contributed by atoms with Crippen molar-refractivity contribution in [3.63, 3.8) is 0 Å². The molecule has 1 aliphatic rings. The molecule has 0 radical (unpaired) electrons. The van der Waals surface area contributed by atoms with E-state index in [-0.39, 0.29) is 13.1 Å². The predicted molar refractivity (Wildman–Crippen MR) is 153 cm³/mol. The van der Waals surface area contributed by atoms with Crippen LogP contribution in [0.5, 0.6) is 0 Å². The fraction of sp³-hybridized carbons (Fsp3) is 0.200. The Labute approximate surface area is 227 Å². The number of nitrogens with zero attached hydrogens (tertiary/aromatic N) is 3. The summed E-state index contributed by atoms with van der Waals surface area (Å²) in [5, 5.41) is 4.70. The Morgan fingerprint density at radius 3 is 1.94 bits per heavy atom. The summed E-state index contributed by atoms with van der Waals surface area (Å²) in [7, 11) is 9.53. The predicted octanol–water partition coefficient (Wildman–Crippen LogP) is 9.15. The van der Waals surface area contributed by atoms with Gasteiger partial charge in [-0.05, 0) is 49.6 Å². The van der Waals surface area contributed by atoms with Crippen molar-refractivity contribution < 1.29 is 13.1 Å². The van der Waals surface area contributed by atoms with E-state index in [4.69, 9.17) is 35.2 Å². The third-order valence-electron chi connectivity index (χ3n) is 6.42. The van der Waals surface area contributed by atoms with Gasteiger partial charge in [0.1, 0.15) is 0 Å². The minimum atomic E-state index is 0.194. The van der Waals surface area contributed by atoms with E-state index < -0.39 is 0 Å². The third kappa shape index (κ3) is 5.85. The Kier molecular flexibility index (Phi) is 8.87. The molecule has 36 heavy (non-hydrogen) atoms. The molecule has 1 aliphatic carbocycles. The molecule has 0 saturated carbocycles. The SMILES string of the molecule is CC(=NC1=C(C)C=CCC1C)c1ccc(C(C)=Nc2c3ccccc3cc3ccccc23)[n-]1.[Cl][Fe+][Cl]. The Morgan fingerprint density at radius 2 is 1.39 bits per heavy atom. The van der Waals surface area contributed by atoms with Gasteiger partial charge in [0, 0.05) is 33.8 Å². The number of hydrogen-bond donors (Lipinski definition) is 0. The zero-order valence-corrected chi connectivity index (χ0v) is 23.4. The fourth-order valence-electron chi connectivity index (χ4n) is 4.57. The molecule has 0 aliphatic heterocycles. The first-order valence-corrected chi connectivity index (χ1v) is 14.8. The normalized spacial score (nSPS) is 16.4. The molecule has 0 bridgehead atoms. The number of hydrogen-bond acceptors (Lipinski definition) is 2. The molecule has 1 unspecified atom stereocenters. The summed E-state index contributed by atoms with van der Waals surface area (Å²) in [6, 6.07) is 23.2. The van der Waals surface area contributed by atoms with Gasteiger partial charge in [0.25, 0.3) is 0 Å². The molecule has 3 aromatic carbocycles. The van der Waals surface area contributed by atoms with Crippen LogP contribution in [0.25, 0.3) is 21.5 Å². The summed E-state index contributed by atoms with van der Waals surface area (Å²) >= 11 is 0.194. The molecule has 0 amide bonds. The molecular weight excluding hydrogens is 529 g/mol. The average molecular weight is 557 g/mol. The van der Waals surface area contributed by atoms with Crippen molar-refractivity contribution in [2.45, 2.75) is 34.1 Å². The Balaban J connectivity index is 0.000000967. The van der Waals surface area contributed by atoms with Crippen LogP contribution in [-0.4, -0.2) is 11.4 Å². The molecule has 0 saturated heterocycles. The summed E-state index contributed by atoms with van der Waals surface area (Å²) in [4.78, 5) is 14.9. The van der Waals surface area contributed by atoms with Crippen LogP contribution in [0.15, 0.2) is 100 Å². The summed E-state index contributed by atoms with van der Waals surface area (Å²) in [5.41, 5.74) is 7.04. The van der Waals surface area contributed by atoms with Crippen molar-refractivity contribution in [3.05, 3.63) is 102 Å². The van der Waals surface area contributed by atoms with Crippen LogP contribution in [-0.2, 0) is 13.1 Å². The molecule has 5 rings (SSSR count). The van der Waals surface area contributed by atoms with Gasteiger partial charge >= 0.3 is 33.3 Å². The first kappa shape index (κ1) is 26.4. The average Bonchev–Trinajstić information content (AvgIpc) is 3.37. The molecule has 3 nitrogen and oxygen atoms in total. The van der Waals surface area contributed by atoms with Crippen LogP contribution in [0.2, 0.25) is 0 Å². The number of aliphatic imine (C=N–C) groups is 2. The van der Waals surface area contributed by atoms with E-state index in [2.05, 4.69) is 80.6 Å². The van der Waals surface area contributed by atoms with Gasteiger partial charge in [-0.15, -0.1) is 11.4 Å². The van der Waals surface area contributed by atoms with Crippen molar-refractivity contribution in [3.8, 4) is 0 Å². The van der Waals surface area contributed by atoms with Gasteiger partial charge < -0.3 is 4.98 Å². The number of aromatic nitrogens is 1. The van der Waals surface area contributed by atoms with Crippen LogP contribution < -0.4 is 4.98 Å². The standard InChI is InChI=1S/C30H28N3.2ClH.Fe/c1-19-10-9-11-20(2)29(19)31-21(3)27-16-17-28(33-27)22(4)32-30-25-14-7-5-12-23(25)18-24-13-6-8-15-26(24)30;;;/h5-10,12-18,20H,11H2,1-4H3;2*1H;/q-1;;;+3/p-2. The third-order valence-corrected chi connectivity index (χ3v) is 6.42. The molecule has 1 heterocycles. The van der Waals surface area contributed by atoms with Crippen molar-refractivity contribution >= 4 is 58.9 Å². The van der Waals surface area contributed by atoms with E-state index in [1.54, 1.807) is 0 Å². The molecular formula is C30H28Cl2FeN3. The molecule has 6 heteroatoms. The summed E-state index contributed by atoms with van der Waals surface area (Å²) in [6.45, 7) is 8.44. The number of benzene rings is 3. The van der Waals surface area contributed by atoms with Crippen molar-refractivity contribution in [1.82, 2.24) is 4.98 Å². The van der Waals surface area contributed by atoms with E-state index in [1.807, 2.05) is 26.0 Å². The molecule has 1 aromatic heterocycles. The number of fused-ring (bicyclic) bond motifs is 2. The first-order valence-electron chi connectivity index (χ1n) is 11.8.